The molecule has 0 saturated carbocycles. The normalized spacial score (nSPS) is 10.9. The second kappa shape index (κ2) is 6.31. The molecule has 0 fully saturated rings. The Morgan fingerprint density at radius 2 is 1.80 bits per heavy atom. The number of nitriles is 1. The lowest BCUT2D eigenvalue weighted by molar-refractivity contribution is 0.103. The highest BCUT2D eigenvalue weighted by atomic mass is 79.9. The summed E-state index contributed by atoms with van der Waals surface area (Å²) >= 11 is 3.41. The summed E-state index contributed by atoms with van der Waals surface area (Å²) in [5, 5.41) is 9.25. The van der Waals surface area contributed by atoms with Crippen LogP contribution in [0.15, 0.2) is 58.6 Å². The van der Waals surface area contributed by atoms with Crippen molar-refractivity contribution in [1.82, 2.24) is 0 Å². The van der Waals surface area contributed by atoms with E-state index in [2.05, 4.69) is 15.9 Å². The lowest BCUT2D eigenvalue weighted by Crippen LogP contribution is -2.04. The Labute approximate surface area is 126 Å². The van der Waals surface area contributed by atoms with Crippen LogP contribution in [0.5, 0.6) is 0 Å². The molecule has 0 aliphatic rings. The third-order valence-corrected chi connectivity index (χ3v) is 3.68. The van der Waals surface area contributed by atoms with Gasteiger partial charge in [-0.2, -0.15) is 5.26 Å². The van der Waals surface area contributed by atoms with Gasteiger partial charge in [-0.05, 0) is 30.2 Å². The average molecular weight is 326 g/mol. The molecule has 2 aromatic rings. The predicted octanol–water partition coefficient (Wildman–Crippen LogP) is 4.55. The molecule has 0 radical (unpaired) electrons. The van der Waals surface area contributed by atoms with E-state index in [1.165, 1.54) is 0 Å². The van der Waals surface area contributed by atoms with Gasteiger partial charge in [-0.15, -0.1) is 0 Å². The number of nitrogens with zero attached hydrogens (tertiary/aromatic N) is 1. The average Bonchev–Trinajstić information content (AvgIpc) is 2.46. The lowest BCUT2D eigenvalue weighted by atomic mass is 9.98. The van der Waals surface area contributed by atoms with Gasteiger partial charge >= 0.3 is 0 Å². The van der Waals surface area contributed by atoms with Gasteiger partial charge in [0.2, 0.25) is 5.78 Å². The molecule has 20 heavy (non-hydrogen) atoms. The number of allylic oxidation sites excluding steroid dienone is 1. The number of ketones is 1. The largest absolute Gasteiger partial charge is 0.288 e. The van der Waals surface area contributed by atoms with Crippen LogP contribution in [-0.4, -0.2) is 5.78 Å². The first-order valence-corrected chi connectivity index (χ1v) is 6.89. The molecule has 2 rings (SSSR count). The van der Waals surface area contributed by atoms with Crippen molar-refractivity contribution in [3.63, 3.8) is 0 Å². The monoisotopic (exact) mass is 325 g/mol. The van der Waals surface area contributed by atoms with E-state index < -0.39 is 0 Å². The van der Waals surface area contributed by atoms with Crippen molar-refractivity contribution in [3.8, 4) is 6.07 Å². The summed E-state index contributed by atoms with van der Waals surface area (Å²) in [7, 11) is 0. The molecule has 0 saturated heterocycles. The Bertz CT molecular complexity index is 726. The summed E-state index contributed by atoms with van der Waals surface area (Å²) in [5.74, 6) is -0.249. The van der Waals surface area contributed by atoms with Crippen LogP contribution in [0.3, 0.4) is 0 Å². The van der Waals surface area contributed by atoms with Crippen LogP contribution in [0.2, 0.25) is 0 Å². The summed E-state index contributed by atoms with van der Waals surface area (Å²) < 4.78 is 0.852. The van der Waals surface area contributed by atoms with E-state index >= 15 is 0 Å². The van der Waals surface area contributed by atoms with Crippen LogP contribution >= 0.6 is 15.9 Å². The number of hydrogen-bond acceptors (Lipinski definition) is 2. The minimum absolute atomic E-state index is 0.131. The molecule has 0 aliphatic carbocycles. The first-order valence-electron chi connectivity index (χ1n) is 6.10. The van der Waals surface area contributed by atoms with Gasteiger partial charge in [0.1, 0.15) is 11.6 Å². The Balaban J connectivity index is 2.44. The molecule has 0 atom stereocenters. The van der Waals surface area contributed by atoms with Gasteiger partial charge in [-0.3, -0.25) is 4.79 Å². The zero-order valence-corrected chi connectivity index (χ0v) is 12.5. The number of carbonyl (C=O) groups is 1. The maximum absolute atomic E-state index is 12.4. The molecule has 0 N–H and O–H groups in total. The lowest BCUT2D eigenvalue weighted by Gasteiger charge is -2.04. The molecular formula is C17H12BrNO. The van der Waals surface area contributed by atoms with E-state index in [-0.39, 0.29) is 11.4 Å². The van der Waals surface area contributed by atoms with Crippen LogP contribution in [-0.2, 0) is 0 Å². The van der Waals surface area contributed by atoms with Crippen molar-refractivity contribution in [2.24, 2.45) is 0 Å². The van der Waals surface area contributed by atoms with E-state index in [4.69, 9.17) is 0 Å². The van der Waals surface area contributed by atoms with Gasteiger partial charge in [-0.1, -0.05) is 58.4 Å². The molecule has 0 aromatic heterocycles. The number of carbonyl (C=O) groups excluding carboxylic acids is 1. The van der Waals surface area contributed by atoms with E-state index in [0.717, 1.165) is 15.6 Å². The quantitative estimate of drug-likeness (QED) is 0.472. The van der Waals surface area contributed by atoms with Crippen molar-refractivity contribution in [3.05, 3.63) is 75.3 Å². The molecule has 2 nitrogen and oxygen atoms in total. The van der Waals surface area contributed by atoms with Crippen LogP contribution in [0.4, 0.5) is 0 Å². The van der Waals surface area contributed by atoms with Gasteiger partial charge in [0.15, 0.2) is 0 Å². The summed E-state index contributed by atoms with van der Waals surface area (Å²) in [6.07, 6.45) is 1.61. The topological polar surface area (TPSA) is 40.9 Å². The predicted molar refractivity (Wildman–Crippen MR) is 83.2 cm³/mol. The highest BCUT2D eigenvalue weighted by Gasteiger charge is 2.14. The number of rotatable bonds is 3. The van der Waals surface area contributed by atoms with Crippen molar-refractivity contribution in [2.75, 3.05) is 0 Å². The van der Waals surface area contributed by atoms with Crippen molar-refractivity contribution in [1.29, 1.82) is 5.26 Å². The molecule has 0 aliphatic heterocycles. The number of halogens is 1. The second-order valence-corrected chi connectivity index (χ2v) is 5.19. The van der Waals surface area contributed by atoms with Crippen LogP contribution < -0.4 is 0 Å². The highest BCUT2D eigenvalue weighted by Crippen LogP contribution is 2.21. The van der Waals surface area contributed by atoms with Crippen molar-refractivity contribution >= 4 is 27.8 Å². The van der Waals surface area contributed by atoms with Gasteiger partial charge in [0, 0.05) is 10.0 Å². The van der Waals surface area contributed by atoms with Gasteiger partial charge < -0.3 is 0 Å². The molecule has 3 heteroatoms. The van der Waals surface area contributed by atoms with E-state index in [1.807, 2.05) is 49.4 Å². The van der Waals surface area contributed by atoms with Crippen molar-refractivity contribution in [2.45, 2.75) is 6.92 Å². The number of hydrogen-bond donors (Lipinski definition) is 0. The van der Waals surface area contributed by atoms with Gasteiger partial charge in [-0.25, -0.2) is 0 Å². The van der Waals surface area contributed by atoms with E-state index in [1.54, 1.807) is 18.2 Å². The molecule has 0 bridgehead atoms. The zero-order chi connectivity index (χ0) is 14.5. The first-order chi connectivity index (χ1) is 9.63. The number of Topliss-reactive ketones (excluding diaryl/α,β-unsaturated/α-hetero) is 1. The minimum Gasteiger partial charge on any atom is -0.288 e. The Hall–Kier alpha value is -2.18. The van der Waals surface area contributed by atoms with Gasteiger partial charge in [0.25, 0.3) is 0 Å². The smallest absolute Gasteiger partial charge is 0.203 e. The Morgan fingerprint density at radius 3 is 2.45 bits per heavy atom. The van der Waals surface area contributed by atoms with Crippen LogP contribution in [0.25, 0.3) is 6.08 Å². The number of benzene rings is 2. The fourth-order valence-electron chi connectivity index (χ4n) is 1.87. The minimum atomic E-state index is -0.249. The summed E-state index contributed by atoms with van der Waals surface area (Å²) in [6, 6.07) is 16.7. The standard InChI is InChI=1S/C17H12BrNO/c1-12-6-2-4-8-15(12)17(20)14(11-19)10-13-7-3-5-9-16(13)18/h2-10H,1H3/b14-10+. The molecule has 2 aromatic carbocycles. The van der Waals surface area contributed by atoms with E-state index in [0.29, 0.717) is 5.56 Å². The SMILES string of the molecule is Cc1ccccc1C(=O)/C(C#N)=C/c1ccccc1Br. The molecule has 0 amide bonds. The third kappa shape index (κ3) is 3.04. The van der Waals surface area contributed by atoms with Crippen LogP contribution in [0.1, 0.15) is 21.5 Å². The third-order valence-electron chi connectivity index (χ3n) is 2.96. The van der Waals surface area contributed by atoms with Gasteiger partial charge in [0.05, 0.1) is 0 Å². The first kappa shape index (κ1) is 14.2. The fraction of sp³-hybridized carbons (Fsp3) is 0.0588. The second-order valence-electron chi connectivity index (χ2n) is 4.34. The molecule has 0 heterocycles. The zero-order valence-electron chi connectivity index (χ0n) is 10.9. The Kier molecular flexibility index (Phi) is 4.49. The molecule has 0 unspecified atom stereocenters. The van der Waals surface area contributed by atoms with Crippen molar-refractivity contribution < 1.29 is 4.79 Å². The fourth-order valence-corrected chi connectivity index (χ4v) is 2.27. The summed E-state index contributed by atoms with van der Waals surface area (Å²) in [5.41, 5.74) is 2.37. The summed E-state index contributed by atoms with van der Waals surface area (Å²) in [6.45, 7) is 1.86. The summed E-state index contributed by atoms with van der Waals surface area (Å²) in [4.78, 5) is 12.4. The maximum Gasteiger partial charge on any atom is 0.203 e. The molecule has 98 valence electrons. The highest BCUT2D eigenvalue weighted by molar-refractivity contribution is 9.10. The maximum atomic E-state index is 12.4. The van der Waals surface area contributed by atoms with E-state index in [9.17, 15) is 10.1 Å². The Morgan fingerprint density at radius 1 is 1.15 bits per heavy atom. The van der Waals surface area contributed by atoms with Crippen LogP contribution in [0, 0.1) is 18.3 Å². The molecule has 0 spiro atoms. The number of aryl methyl sites for hydroxylation is 1. The molecular weight excluding hydrogens is 314 g/mol.